The number of benzene rings is 1. The smallest absolute Gasteiger partial charge is 0.262 e. The van der Waals surface area contributed by atoms with Crippen LogP contribution < -0.4 is 20.5 Å². The Labute approximate surface area is 169 Å². The molecule has 8 heteroatoms. The monoisotopic (exact) mass is 405 g/mol. The van der Waals surface area contributed by atoms with Crippen LogP contribution in [-0.4, -0.2) is 31.6 Å². The second kappa shape index (κ2) is 10.00. The molecule has 1 aromatic carbocycles. The summed E-state index contributed by atoms with van der Waals surface area (Å²) < 4.78 is 10.5. The Morgan fingerprint density at radius 2 is 2.11 bits per heavy atom. The summed E-state index contributed by atoms with van der Waals surface area (Å²) in [6.07, 6.45) is 5.65. The SMILES string of the molecule is COc1cc(/C=C(/C#N)C(=O)NC2CCCCC2C)cc(Cl)c1OCC(N)=O. The maximum Gasteiger partial charge on any atom is 0.262 e. The highest BCUT2D eigenvalue weighted by molar-refractivity contribution is 6.32. The van der Waals surface area contributed by atoms with Gasteiger partial charge in [-0.15, -0.1) is 0 Å². The summed E-state index contributed by atoms with van der Waals surface area (Å²) in [7, 11) is 1.42. The van der Waals surface area contributed by atoms with Crippen molar-refractivity contribution in [1.29, 1.82) is 5.26 Å². The van der Waals surface area contributed by atoms with Crippen molar-refractivity contribution in [2.75, 3.05) is 13.7 Å². The maximum atomic E-state index is 12.5. The van der Waals surface area contributed by atoms with E-state index in [1.165, 1.54) is 19.3 Å². The summed E-state index contributed by atoms with van der Waals surface area (Å²) in [5.74, 6) is -0.251. The molecule has 0 spiro atoms. The standard InChI is InChI=1S/C20H24ClN3O4/c1-12-5-3-4-6-16(12)24-20(26)14(10-22)7-13-8-15(21)19(17(9-13)27-2)28-11-18(23)25/h7-9,12,16H,3-6,11H2,1-2H3,(H2,23,25)(H,24,26)/b14-7-. The molecule has 3 N–H and O–H groups in total. The summed E-state index contributed by atoms with van der Waals surface area (Å²) in [5.41, 5.74) is 5.55. The number of carbonyl (C=O) groups excluding carboxylic acids is 2. The van der Waals surface area contributed by atoms with Gasteiger partial charge in [0.2, 0.25) is 0 Å². The van der Waals surface area contributed by atoms with Crippen molar-refractivity contribution in [2.45, 2.75) is 38.6 Å². The van der Waals surface area contributed by atoms with Gasteiger partial charge < -0.3 is 20.5 Å². The lowest BCUT2D eigenvalue weighted by Gasteiger charge is -2.29. The lowest BCUT2D eigenvalue weighted by molar-refractivity contribution is -0.120. The molecule has 0 radical (unpaired) electrons. The fourth-order valence-corrected chi connectivity index (χ4v) is 3.47. The molecular weight excluding hydrogens is 382 g/mol. The van der Waals surface area contributed by atoms with Crippen LogP contribution in [0.1, 0.15) is 38.2 Å². The first kappa shape index (κ1) is 21.6. The zero-order chi connectivity index (χ0) is 20.7. The molecule has 1 aromatic rings. The lowest BCUT2D eigenvalue weighted by Crippen LogP contribution is -2.41. The number of hydrogen-bond donors (Lipinski definition) is 2. The number of methoxy groups -OCH3 is 1. The van der Waals surface area contributed by atoms with Gasteiger partial charge in [0, 0.05) is 6.04 Å². The number of nitriles is 1. The van der Waals surface area contributed by atoms with E-state index >= 15 is 0 Å². The van der Waals surface area contributed by atoms with Gasteiger partial charge in [0.15, 0.2) is 18.1 Å². The quantitative estimate of drug-likeness (QED) is 0.534. The van der Waals surface area contributed by atoms with Crippen molar-refractivity contribution in [3.8, 4) is 17.6 Å². The highest BCUT2D eigenvalue weighted by Gasteiger charge is 2.24. The topological polar surface area (TPSA) is 114 Å². The van der Waals surface area contributed by atoms with E-state index in [-0.39, 0.29) is 34.7 Å². The number of carbonyl (C=O) groups is 2. The van der Waals surface area contributed by atoms with Gasteiger partial charge in [0.05, 0.1) is 12.1 Å². The first-order valence-corrected chi connectivity index (χ1v) is 9.44. The third-order valence-electron chi connectivity index (χ3n) is 4.71. The molecule has 2 rings (SSSR count). The molecule has 7 nitrogen and oxygen atoms in total. The minimum atomic E-state index is -0.650. The Morgan fingerprint density at radius 1 is 1.39 bits per heavy atom. The van der Waals surface area contributed by atoms with E-state index in [1.54, 1.807) is 6.07 Å². The first-order valence-electron chi connectivity index (χ1n) is 9.07. The second-order valence-corrected chi connectivity index (χ2v) is 7.21. The zero-order valence-corrected chi connectivity index (χ0v) is 16.7. The van der Waals surface area contributed by atoms with E-state index in [1.807, 2.05) is 6.07 Å². The molecule has 0 bridgehead atoms. The zero-order valence-electron chi connectivity index (χ0n) is 16.0. The summed E-state index contributed by atoms with van der Waals surface area (Å²) in [4.78, 5) is 23.5. The van der Waals surface area contributed by atoms with Crippen molar-refractivity contribution in [2.24, 2.45) is 11.7 Å². The largest absolute Gasteiger partial charge is 0.493 e. The van der Waals surface area contributed by atoms with Gasteiger partial charge in [0.1, 0.15) is 11.6 Å². The van der Waals surface area contributed by atoms with E-state index < -0.39 is 11.8 Å². The predicted octanol–water partition coefficient (Wildman–Crippen LogP) is 2.81. The molecule has 1 aliphatic rings. The van der Waals surface area contributed by atoms with Gasteiger partial charge in [-0.25, -0.2) is 0 Å². The van der Waals surface area contributed by atoms with E-state index in [4.69, 9.17) is 26.8 Å². The molecule has 2 amide bonds. The van der Waals surface area contributed by atoms with Crippen molar-refractivity contribution >= 4 is 29.5 Å². The molecule has 0 saturated heterocycles. The van der Waals surface area contributed by atoms with Crippen molar-refractivity contribution in [3.63, 3.8) is 0 Å². The Morgan fingerprint density at radius 3 is 2.71 bits per heavy atom. The number of ether oxygens (including phenoxy) is 2. The van der Waals surface area contributed by atoms with E-state index in [9.17, 15) is 14.9 Å². The van der Waals surface area contributed by atoms with E-state index in [0.717, 1.165) is 25.7 Å². The van der Waals surface area contributed by atoms with Crippen LogP contribution in [0.15, 0.2) is 17.7 Å². The number of nitrogens with zero attached hydrogens (tertiary/aromatic N) is 1. The van der Waals surface area contributed by atoms with Crippen molar-refractivity contribution < 1.29 is 19.1 Å². The highest BCUT2D eigenvalue weighted by atomic mass is 35.5. The number of nitrogens with two attached hydrogens (primary N) is 1. The number of rotatable bonds is 7. The van der Waals surface area contributed by atoms with Crippen LogP contribution in [-0.2, 0) is 9.59 Å². The number of primary amides is 1. The summed E-state index contributed by atoms with van der Waals surface area (Å²) in [6, 6.07) is 5.10. The van der Waals surface area contributed by atoms with Crippen LogP contribution in [0.2, 0.25) is 5.02 Å². The first-order chi connectivity index (χ1) is 13.3. The van der Waals surface area contributed by atoms with Gasteiger partial charge in [-0.3, -0.25) is 9.59 Å². The Bertz CT molecular complexity index is 816. The van der Waals surface area contributed by atoms with Gasteiger partial charge in [0.25, 0.3) is 11.8 Å². The van der Waals surface area contributed by atoms with Crippen LogP contribution in [0.25, 0.3) is 6.08 Å². The Balaban J connectivity index is 2.23. The van der Waals surface area contributed by atoms with Gasteiger partial charge in [-0.2, -0.15) is 5.26 Å². The van der Waals surface area contributed by atoms with Crippen LogP contribution in [0.5, 0.6) is 11.5 Å². The Kier molecular flexibility index (Phi) is 7.70. The predicted molar refractivity (Wildman–Crippen MR) is 106 cm³/mol. The summed E-state index contributed by atoms with van der Waals surface area (Å²) in [5, 5.41) is 12.6. The second-order valence-electron chi connectivity index (χ2n) is 6.80. The third-order valence-corrected chi connectivity index (χ3v) is 5.00. The van der Waals surface area contributed by atoms with Crippen molar-refractivity contribution in [3.05, 3.63) is 28.3 Å². The molecule has 2 atom stereocenters. The molecule has 28 heavy (non-hydrogen) atoms. The Hall–Kier alpha value is -2.72. The normalized spacial score (nSPS) is 19.4. The molecule has 0 aliphatic heterocycles. The van der Waals surface area contributed by atoms with Crippen LogP contribution >= 0.6 is 11.6 Å². The van der Waals surface area contributed by atoms with Gasteiger partial charge >= 0.3 is 0 Å². The van der Waals surface area contributed by atoms with Gasteiger partial charge in [-0.1, -0.05) is 31.4 Å². The average molecular weight is 406 g/mol. The fourth-order valence-electron chi connectivity index (χ4n) is 3.20. The third kappa shape index (κ3) is 5.64. The number of hydrogen-bond acceptors (Lipinski definition) is 5. The average Bonchev–Trinajstić information content (AvgIpc) is 2.66. The van der Waals surface area contributed by atoms with Crippen LogP contribution in [0.4, 0.5) is 0 Å². The fraction of sp³-hybridized carbons (Fsp3) is 0.450. The van der Waals surface area contributed by atoms with Crippen molar-refractivity contribution in [1.82, 2.24) is 5.32 Å². The number of nitrogens with one attached hydrogen (secondary N) is 1. The van der Waals surface area contributed by atoms with E-state index in [0.29, 0.717) is 11.5 Å². The maximum absolute atomic E-state index is 12.5. The molecule has 0 heterocycles. The molecule has 1 fully saturated rings. The number of amides is 2. The molecule has 2 unspecified atom stereocenters. The number of halogens is 1. The van der Waals surface area contributed by atoms with E-state index in [2.05, 4.69) is 12.2 Å². The molecule has 1 saturated carbocycles. The molecule has 0 aromatic heterocycles. The highest BCUT2D eigenvalue weighted by Crippen LogP contribution is 2.37. The van der Waals surface area contributed by atoms with Crippen LogP contribution in [0.3, 0.4) is 0 Å². The molecule has 150 valence electrons. The molecule has 1 aliphatic carbocycles. The summed E-state index contributed by atoms with van der Waals surface area (Å²) in [6.45, 7) is 1.76. The minimum absolute atomic E-state index is 0.0262. The van der Waals surface area contributed by atoms with Crippen LogP contribution in [0, 0.1) is 17.2 Å². The summed E-state index contributed by atoms with van der Waals surface area (Å²) >= 11 is 6.21. The lowest BCUT2D eigenvalue weighted by atomic mass is 9.86. The molecular formula is C20H24ClN3O4. The minimum Gasteiger partial charge on any atom is -0.493 e. The van der Waals surface area contributed by atoms with Gasteiger partial charge in [-0.05, 0) is 42.5 Å².